The zero-order valence-electron chi connectivity index (χ0n) is 10.2. The Labute approximate surface area is 114 Å². The Kier molecular flexibility index (Phi) is 3.77. The van der Waals surface area contributed by atoms with Crippen LogP contribution in [0.3, 0.4) is 0 Å². The van der Waals surface area contributed by atoms with Gasteiger partial charge in [0.05, 0.1) is 0 Å². The van der Waals surface area contributed by atoms with Crippen molar-refractivity contribution < 1.29 is 4.79 Å². The predicted molar refractivity (Wildman–Crippen MR) is 75.8 cm³/mol. The number of aryl methyl sites for hydroxylation is 2. The maximum atomic E-state index is 12.1. The average Bonchev–Trinajstić information content (AvgIpc) is 2.28. The first-order valence-corrected chi connectivity index (χ1v) is 6.36. The van der Waals surface area contributed by atoms with Crippen molar-refractivity contribution in [3.05, 3.63) is 57.7 Å². The Morgan fingerprint density at radius 2 is 2.00 bits per heavy atom. The van der Waals surface area contributed by atoms with Crippen LogP contribution >= 0.6 is 15.9 Å². The molecule has 0 unspecified atom stereocenters. The third-order valence-electron chi connectivity index (χ3n) is 2.59. The van der Waals surface area contributed by atoms with Crippen LogP contribution in [0.15, 0.2) is 41.0 Å². The van der Waals surface area contributed by atoms with Crippen LogP contribution in [-0.2, 0) is 0 Å². The first-order valence-electron chi connectivity index (χ1n) is 5.56. The number of aromatic nitrogens is 1. The van der Waals surface area contributed by atoms with Gasteiger partial charge in [-0.3, -0.25) is 4.79 Å². The van der Waals surface area contributed by atoms with Crippen molar-refractivity contribution in [1.29, 1.82) is 0 Å². The summed E-state index contributed by atoms with van der Waals surface area (Å²) in [6.07, 6.45) is 1.68. The highest BCUT2D eigenvalue weighted by Crippen LogP contribution is 2.17. The molecule has 0 saturated carbocycles. The lowest BCUT2D eigenvalue weighted by molar-refractivity contribution is 0.102. The number of carbonyl (C=O) groups excluding carboxylic acids is 1. The number of pyridine rings is 1. The van der Waals surface area contributed by atoms with E-state index in [9.17, 15) is 4.79 Å². The van der Waals surface area contributed by atoms with Gasteiger partial charge >= 0.3 is 0 Å². The molecule has 0 bridgehead atoms. The molecular formula is C14H13BrN2O. The van der Waals surface area contributed by atoms with Crippen molar-refractivity contribution in [1.82, 2.24) is 4.98 Å². The van der Waals surface area contributed by atoms with E-state index in [1.54, 1.807) is 12.3 Å². The molecule has 1 N–H and O–H groups in total. The summed E-state index contributed by atoms with van der Waals surface area (Å²) in [6, 6.07) is 9.29. The molecule has 0 saturated heterocycles. The Bertz CT molecular complexity index is 596. The molecule has 2 rings (SSSR count). The quantitative estimate of drug-likeness (QED) is 0.919. The molecular weight excluding hydrogens is 292 g/mol. The van der Waals surface area contributed by atoms with Crippen LogP contribution in [0.1, 0.15) is 21.5 Å². The van der Waals surface area contributed by atoms with Gasteiger partial charge in [0.15, 0.2) is 0 Å². The molecule has 18 heavy (non-hydrogen) atoms. The highest BCUT2D eigenvalue weighted by atomic mass is 79.9. The normalized spacial score (nSPS) is 10.2. The maximum Gasteiger partial charge on any atom is 0.257 e. The molecule has 3 nitrogen and oxygen atoms in total. The summed E-state index contributed by atoms with van der Waals surface area (Å²) in [5.41, 5.74) is 2.64. The molecule has 1 aromatic heterocycles. The van der Waals surface area contributed by atoms with Crippen molar-refractivity contribution in [2.45, 2.75) is 13.8 Å². The number of benzene rings is 1. The fourth-order valence-corrected chi connectivity index (χ4v) is 2.15. The van der Waals surface area contributed by atoms with Crippen LogP contribution in [0.5, 0.6) is 0 Å². The average molecular weight is 305 g/mol. The molecule has 2 aromatic rings. The fraction of sp³-hybridized carbons (Fsp3) is 0.143. The van der Waals surface area contributed by atoms with Crippen molar-refractivity contribution in [3.63, 3.8) is 0 Å². The Balaban J connectivity index is 2.22. The minimum Gasteiger partial charge on any atom is -0.307 e. The number of carbonyl (C=O) groups is 1. The lowest BCUT2D eigenvalue weighted by Crippen LogP contribution is -2.14. The second kappa shape index (κ2) is 5.31. The lowest BCUT2D eigenvalue weighted by Gasteiger charge is -2.07. The molecule has 0 radical (unpaired) electrons. The van der Waals surface area contributed by atoms with Crippen molar-refractivity contribution in [2.24, 2.45) is 0 Å². The predicted octanol–water partition coefficient (Wildman–Crippen LogP) is 3.71. The SMILES string of the molecule is Cc1ccnc(NC(=O)c2ccc(Br)cc2C)c1. The molecule has 0 fully saturated rings. The fourth-order valence-electron chi connectivity index (χ4n) is 1.67. The van der Waals surface area contributed by atoms with E-state index in [-0.39, 0.29) is 5.91 Å². The number of nitrogens with zero attached hydrogens (tertiary/aromatic N) is 1. The smallest absolute Gasteiger partial charge is 0.257 e. The van der Waals surface area contributed by atoms with Crippen LogP contribution in [0.2, 0.25) is 0 Å². The summed E-state index contributed by atoms with van der Waals surface area (Å²) in [7, 11) is 0. The molecule has 1 aromatic carbocycles. The van der Waals surface area contributed by atoms with Gasteiger partial charge in [-0.1, -0.05) is 15.9 Å². The van der Waals surface area contributed by atoms with E-state index < -0.39 is 0 Å². The van der Waals surface area contributed by atoms with Gasteiger partial charge in [-0.25, -0.2) is 4.98 Å². The van der Waals surface area contributed by atoms with Gasteiger partial charge < -0.3 is 5.32 Å². The van der Waals surface area contributed by atoms with Gasteiger partial charge in [0.1, 0.15) is 5.82 Å². The van der Waals surface area contributed by atoms with Crippen LogP contribution < -0.4 is 5.32 Å². The number of hydrogen-bond acceptors (Lipinski definition) is 2. The van der Waals surface area contributed by atoms with E-state index >= 15 is 0 Å². The highest BCUT2D eigenvalue weighted by molar-refractivity contribution is 9.10. The number of amides is 1. The molecule has 4 heteroatoms. The van der Waals surface area contributed by atoms with Crippen molar-refractivity contribution in [2.75, 3.05) is 5.32 Å². The molecule has 1 amide bonds. The molecule has 0 aliphatic carbocycles. The van der Waals surface area contributed by atoms with Gasteiger partial charge in [-0.15, -0.1) is 0 Å². The van der Waals surface area contributed by atoms with Gasteiger partial charge in [-0.05, 0) is 55.3 Å². The minimum atomic E-state index is -0.141. The van der Waals surface area contributed by atoms with E-state index in [2.05, 4.69) is 26.2 Å². The van der Waals surface area contributed by atoms with Crippen molar-refractivity contribution >= 4 is 27.7 Å². The third-order valence-corrected chi connectivity index (χ3v) is 3.08. The lowest BCUT2D eigenvalue weighted by atomic mass is 10.1. The van der Waals surface area contributed by atoms with Crippen LogP contribution in [-0.4, -0.2) is 10.9 Å². The Morgan fingerprint density at radius 1 is 1.22 bits per heavy atom. The van der Waals surface area contributed by atoms with Crippen LogP contribution in [0.25, 0.3) is 0 Å². The first kappa shape index (κ1) is 12.8. The van der Waals surface area contributed by atoms with Crippen LogP contribution in [0.4, 0.5) is 5.82 Å². The summed E-state index contributed by atoms with van der Waals surface area (Å²) < 4.78 is 0.963. The highest BCUT2D eigenvalue weighted by Gasteiger charge is 2.09. The summed E-state index contributed by atoms with van der Waals surface area (Å²) in [6.45, 7) is 3.87. The van der Waals surface area contributed by atoms with Gasteiger partial charge in [0.2, 0.25) is 0 Å². The Hall–Kier alpha value is -1.68. The topological polar surface area (TPSA) is 42.0 Å². The number of rotatable bonds is 2. The van der Waals surface area contributed by atoms with Gasteiger partial charge in [0, 0.05) is 16.2 Å². The number of hydrogen-bond donors (Lipinski definition) is 1. The minimum absolute atomic E-state index is 0.141. The Morgan fingerprint density at radius 3 is 2.67 bits per heavy atom. The van der Waals surface area contributed by atoms with E-state index in [0.29, 0.717) is 11.4 Å². The van der Waals surface area contributed by atoms with E-state index in [1.165, 1.54) is 0 Å². The summed E-state index contributed by atoms with van der Waals surface area (Å²) >= 11 is 3.38. The summed E-state index contributed by atoms with van der Waals surface area (Å²) in [5.74, 6) is 0.431. The van der Waals surface area contributed by atoms with E-state index in [0.717, 1.165) is 15.6 Å². The van der Waals surface area contributed by atoms with Crippen LogP contribution in [0, 0.1) is 13.8 Å². The standard InChI is InChI=1S/C14H13BrN2O/c1-9-5-6-16-13(7-9)17-14(18)12-4-3-11(15)8-10(12)2/h3-8H,1-2H3,(H,16,17,18). The number of nitrogens with one attached hydrogen (secondary N) is 1. The largest absolute Gasteiger partial charge is 0.307 e. The molecule has 0 aliphatic rings. The second-order valence-electron chi connectivity index (χ2n) is 4.13. The maximum absolute atomic E-state index is 12.1. The molecule has 92 valence electrons. The third kappa shape index (κ3) is 2.96. The molecule has 1 heterocycles. The first-order chi connectivity index (χ1) is 8.56. The van der Waals surface area contributed by atoms with Crippen molar-refractivity contribution in [3.8, 4) is 0 Å². The second-order valence-corrected chi connectivity index (χ2v) is 5.05. The zero-order chi connectivity index (χ0) is 13.1. The molecule has 0 aliphatic heterocycles. The number of anilines is 1. The van der Waals surface area contributed by atoms with E-state index in [1.807, 2.05) is 38.1 Å². The summed E-state index contributed by atoms with van der Waals surface area (Å²) in [5, 5.41) is 2.79. The zero-order valence-corrected chi connectivity index (χ0v) is 11.8. The van der Waals surface area contributed by atoms with E-state index in [4.69, 9.17) is 0 Å². The summed E-state index contributed by atoms with van der Waals surface area (Å²) in [4.78, 5) is 16.2. The molecule has 0 spiro atoms. The monoisotopic (exact) mass is 304 g/mol. The van der Waals surface area contributed by atoms with Gasteiger partial charge in [-0.2, -0.15) is 0 Å². The number of halogens is 1. The molecule has 0 atom stereocenters. The van der Waals surface area contributed by atoms with Gasteiger partial charge in [0.25, 0.3) is 5.91 Å².